The van der Waals surface area contributed by atoms with E-state index in [4.69, 9.17) is 0 Å². The molecule has 0 fully saturated rings. The number of anilines is 1. The zero-order valence-corrected chi connectivity index (χ0v) is 15.7. The molecule has 2 aliphatic carbocycles. The lowest BCUT2D eigenvalue weighted by molar-refractivity contribution is -0.116. The summed E-state index contributed by atoms with van der Waals surface area (Å²) in [6, 6.07) is 14.0. The predicted molar refractivity (Wildman–Crippen MR) is 108 cm³/mol. The van der Waals surface area contributed by atoms with Gasteiger partial charge in [-0.1, -0.05) is 24.3 Å². The number of para-hydroxylation sites is 1. The van der Waals surface area contributed by atoms with Crippen LogP contribution < -0.4 is 4.90 Å². The molecule has 0 unspecified atom stereocenters. The average Bonchev–Trinajstić information content (AvgIpc) is 2.74. The van der Waals surface area contributed by atoms with E-state index >= 15 is 0 Å². The molecule has 2 heterocycles. The van der Waals surface area contributed by atoms with Crippen molar-refractivity contribution >= 4 is 17.3 Å². The van der Waals surface area contributed by atoms with E-state index in [1.165, 1.54) is 0 Å². The lowest BCUT2D eigenvalue weighted by Gasteiger charge is -2.43. The Balaban J connectivity index is 1.80. The Morgan fingerprint density at radius 2 is 1.43 bits per heavy atom. The molecule has 1 aromatic carbocycles. The number of hydrogen-bond acceptors (Lipinski definition) is 4. The average molecular weight is 370 g/mol. The third-order valence-electron chi connectivity index (χ3n) is 6.01. The lowest BCUT2D eigenvalue weighted by atomic mass is 9.71. The second kappa shape index (κ2) is 6.86. The smallest absolute Gasteiger partial charge is 0.161 e. The van der Waals surface area contributed by atoms with Gasteiger partial charge in [0.25, 0.3) is 0 Å². The molecule has 0 atom stereocenters. The van der Waals surface area contributed by atoms with Gasteiger partial charge in [0.1, 0.15) is 0 Å². The van der Waals surface area contributed by atoms with E-state index in [0.717, 1.165) is 59.5 Å². The van der Waals surface area contributed by atoms with Gasteiger partial charge < -0.3 is 4.90 Å². The Hall–Kier alpha value is -3.01. The van der Waals surface area contributed by atoms with Crippen molar-refractivity contribution in [1.82, 2.24) is 4.98 Å². The highest BCUT2D eigenvalue weighted by molar-refractivity contribution is 6.07. The Kier molecular flexibility index (Phi) is 4.19. The van der Waals surface area contributed by atoms with Gasteiger partial charge >= 0.3 is 0 Å². The third-order valence-corrected chi connectivity index (χ3v) is 6.01. The van der Waals surface area contributed by atoms with Crippen molar-refractivity contribution in [2.45, 2.75) is 44.4 Å². The normalized spacial score (nSPS) is 20.4. The van der Waals surface area contributed by atoms with Crippen molar-refractivity contribution in [3.05, 3.63) is 83.0 Å². The van der Waals surface area contributed by atoms with Crippen LogP contribution in [0, 0.1) is 0 Å². The van der Waals surface area contributed by atoms with Crippen LogP contribution in [0.5, 0.6) is 0 Å². The summed E-state index contributed by atoms with van der Waals surface area (Å²) in [5.41, 5.74) is 5.74. The van der Waals surface area contributed by atoms with Crippen LogP contribution in [0.25, 0.3) is 0 Å². The van der Waals surface area contributed by atoms with E-state index in [0.29, 0.717) is 12.8 Å². The van der Waals surface area contributed by atoms with Gasteiger partial charge in [0.15, 0.2) is 11.6 Å². The van der Waals surface area contributed by atoms with Gasteiger partial charge in [0.2, 0.25) is 0 Å². The van der Waals surface area contributed by atoms with E-state index < -0.39 is 0 Å². The fourth-order valence-electron chi connectivity index (χ4n) is 4.89. The molecule has 5 rings (SSSR count). The molecule has 28 heavy (non-hydrogen) atoms. The van der Waals surface area contributed by atoms with Crippen LogP contribution in [0.2, 0.25) is 0 Å². The van der Waals surface area contributed by atoms with Crippen molar-refractivity contribution in [1.29, 1.82) is 0 Å². The van der Waals surface area contributed by atoms with E-state index in [1.807, 2.05) is 36.5 Å². The molecule has 4 nitrogen and oxygen atoms in total. The maximum atomic E-state index is 13.1. The number of nitrogens with zero attached hydrogens (tertiary/aromatic N) is 2. The molecule has 0 saturated heterocycles. The molecule has 3 aliphatic rings. The standard InChI is InChI=1S/C24H22N2O2/c27-20-12-4-10-18-23(20)22(16-7-6-14-25-15-16)24-19(11-5-13-21(24)28)26(18)17-8-2-1-3-9-17/h1-3,6-9,14-15,22H,4-5,10-13H2. The quantitative estimate of drug-likeness (QED) is 0.769. The summed E-state index contributed by atoms with van der Waals surface area (Å²) in [5.74, 6) is 0.0566. The molecule has 1 aromatic heterocycles. The summed E-state index contributed by atoms with van der Waals surface area (Å²) in [7, 11) is 0. The van der Waals surface area contributed by atoms with E-state index in [2.05, 4.69) is 22.0 Å². The number of Topliss-reactive ketones (excluding diaryl/α,β-unsaturated/α-hetero) is 2. The molecule has 1 aliphatic heterocycles. The summed E-state index contributed by atoms with van der Waals surface area (Å²) in [6.45, 7) is 0. The molecule has 2 aromatic rings. The van der Waals surface area contributed by atoms with Crippen LogP contribution >= 0.6 is 0 Å². The number of ketones is 2. The third kappa shape index (κ3) is 2.63. The molecule has 0 bridgehead atoms. The van der Waals surface area contributed by atoms with Crippen LogP contribution in [0.4, 0.5) is 5.69 Å². The molecule has 0 spiro atoms. The zero-order chi connectivity index (χ0) is 19.1. The molecule has 4 heteroatoms. The first-order chi connectivity index (χ1) is 13.8. The number of carbonyl (C=O) groups excluding carboxylic acids is 2. The van der Waals surface area contributed by atoms with Gasteiger partial charge in [-0.3, -0.25) is 14.6 Å². The van der Waals surface area contributed by atoms with Gasteiger partial charge in [-0.2, -0.15) is 0 Å². The zero-order valence-electron chi connectivity index (χ0n) is 15.7. The number of aromatic nitrogens is 1. The Morgan fingerprint density at radius 1 is 0.786 bits per heavy atom. The summed E-state index contributed by atoms with van der Waals surface area (Å²) in [4.78, 5) is 32.8. The van der Waals surface area contributed by atoms with E-state index in [1.54, 1.807) is 6.20 Å². The fraction of sp³-hybridized carbons (Fsp3) is 0.292. The first-order valence-electron chi connectivity index (χ1n) is 10.0. The first kappa shape index (κ1) is 17.1. The Bertz CT molecular complexity index is 961. The fourth-order valence-corrected chi connectivity index (χ4v) is 4.89. The van der Waals surface area contributed by atoms with Crippen molar-refractivity contribution < 1.29 is 9.59 Å². The Labute approximate surface area is 164 Å². The van der Waals surface area contributed by atoms with E-state index in [9.17, 15) is 9.59 Å². The van der Waals surface area contributed by atoms with Crippen molar-refractivity contribution in [2.75, 3.05) is 4.90 Å². The van der Waals surface area contributed by atoms with Crippen LogP contribution in [-0.4, -0.2) is 16.6 Å². The molecule has 0 amide bonds. The van der Waals surface area contributed by atoms with E-state index in [-0.39, 0.29) is 17.5 Å². The van der Waals surface area contributed by atoms with Crippen molar-refractivity contribution in [3.63, 3.8) is 0 Å². The number of rotatable bonds is 2. The maximum Gasteiger partial charge on any atom is 0.161 e. The number of pyridine rings is 1. The molecular weight excluding hydrogens is 348 g/mol. The SMILES string of the molecule is O=C1CCCC2=C1C(c1cccnc1)C1=C(CCCC1=O)N2c1ccccc1. The number of hydrogen-bond donors (Lipinski definition) is 0. The maximum absolute atomic E-state index is 13.1. The minimum absolute atomic E-state index is 0.168. The number of allylic oxidation sites excluding steroid dienone is 4. The predicted octanol–water partition coefficient (Wildman–Crippen LogP) is 4.70. The summed E-state index contributed by atoms with van der Waals surface area (Å²) < 4.78 is 0. The molecule has 0 radical (unpaired) electrons. The second-order valence-electron chi connectivity index (χ2n) is 7.66. The highest BCUT2D eigenvalue weighted by Crippen LogP contribution is 2.50. The molecule has 0 N–H and O–H groups in total. The monoisotopic (exact) mass is 370 g/mol. The molecule has 0 saturated carbocycles. The minimum Gasteiger partial charge on any atom is -0.317 e. The van der Waals surface area contributed by atoms with Gasteiger partial charge in [-0.05, 0) is 49.4 Å². The summed E-state index contributed by atoms with van der Waals surface area (Å²) in [5, 5.41) is 0. The van der Waals surface area contributed by atoms with Crippen LogP contribution in [0.3, 0.4) is 0 Å². The van der Waals surface area contributed by atoms with Crippen LogP contribution in [0.1, 0.15) is 50.0 Å². The highest BCUT2D eigenvalue weighted by atomic mass is 16.1. The highest BCUT2D eigenvalue weighted by Gasteiger charge is 2.43. The van der Waals surface area contributed by atoms with Crippen LogP contribution in [0.15, 0.2) is 77.4 Å². The lowest BCUT2D eigenvalue weighted by Crippen LogP contribution is -2.39. The Morgan fingerprint density at radius 3 is 2.00 bits per heavy atom. The van der Waals surface area contributed by atoms with Gasteiger partial charge in [-0.15, -0.1) is 0 Å². The van der Waals surface area contributed by atoms with Gasteiger partial charge in [0, 0.05) is 59.4 Å². The topological polar surface area (TPSA) is 50.3 Å². The summed E-state index contributed by atoms with van der Waals surface area (Å²) in [6.07, 6.45) is 8.08. The number of carbonyl (C=O) groups is 2. The molecule has 140 valence electrons. The van der Waals surface area contributed by atoms with Crippen molar-refractivity contribution in [2.24, 2.45) is 0 Å². The minimum atomic E-state index is -0.278. The molecular formula is C24H22N2O2. The van der Waals surface area contributed by atoms with Crippen LogP contribution in [-0.2, 0) is 9.59 Å². The second-order valence-corrected chi connectivity index (χ2v) is 7.66. The number of benzene rings is 1. The van der Waals surface area contributed by atoms with Gasteiger partial charge in [-0.25, -0.2) is 0 Å². The van der Waals surface area contributed by atoms with Crippen molar-refractivity contribution in [3.8, 4) is 0 Å². The first-order valence-corrected chi connectivity index (χ1v) is 10.0. The summed E-state index contributed by atoms with van der Waals surface area (Å²) >= 11 is 0. The van der Waals surface area contributed by atoms with Gasteiger partial charge in [0.05, 0.1) is 0 Å². The largest absolute Gasteiger partial charge is 0.317 e.